The molecule has 20 heavy (non-hydrogen) atoms. The molecule has 0 spiro atoms. The van der Waals surface area contributed by atoms with E-state index in [1.807, 2.05) is 19.9 Å². The Bertz CT molecular complexity index is 455. The van der Waals surface area contributed by atoms with Crippen LogP contribution >= 0.6 is 0 Å². The highest BCUT2D eigenvalue weighted by molar-refractivity contribution is 5.75. The van der Waals surface area contributed by atoms with E-state index in [0.29, 0.717) is 13.2 Å². The van der Waals surface area contributed by atoms with E-state index in [0.717, 1.165) is 17.7 Å². The largest absolute Gasteiger partial charge is 0.493 e. The normalized spacial score (nSPS) is 9.10. The molecule has 0 saturated heterocycles. The van der Waals surface area contributed by atoms with Gasteiger partial charge in [0.25, 0.3) is 5.09 Å². The number of aryl methyl sites for hydroxylation is 2. The minimum Gasteiger partial charge on any atom is -0.493 e. The molecule has 0 radical (unpaired) electrons. The van der Waals surface area contributed by atoms with E-state index in [1.54, 1.807) is 0 Å². The van der Waals surface area contributed by atoms with Crippen LogP contribution in [0.4, 0.5) is 0 Å². The van der Waals surface area contributed by atoms with Crippen LogP contribution in [0.5, 0.6) is 5.75 Å². The zero-order valence-electron chi connectivity index (χ0n) is 11.6. The van der Waals surface area contributed by atoms with Gasteiger partial charge in [-0.05, 0) is 31.0 Å². The van der Waals surface area contributed by atoms with Crippen LogP contribution in [0.1, 0.15) is 17.5 Å². The van der Waals surface area contributed by atoms with Gasteiger partial charge in [-0.2, -0.15) is 0 Å². The molecule has 0 amide bonds. The van der Waals surface area contributed by atoms with Crippen LogP contribution in [-0.4, -0.2) is 29.4 Å². The molecule has 0 heterocycles. The van der Waals surface area contributed by atoms with Gasteiger partial charge in [-0.1, -0.05) is 12.1 Å². The van der Waals surface area contributed by atoms with Crippen molar-refractivity contribution in [3.05, 3.63) is 39.4 Å². The first-order valence-electron chi connectivity index (χ1n) is 5.91. The maximum Gasteiger partial charge on any atom is 0.291 e. The number of hydrogen-bond acceptors (Lipinski definition) is 4. The van der Waals surface area contributed by atoms with Gasteiger partial charge < -0.3 is 21.4 Å². The molecule has 0 saturated carbocycles. The summed E-state index contributed by atoms with van der Waals surface area (Å²) in [5.41, 5.74) is 12.8. The summed E-state index contributed by atoms with van der Waals surface area (Å²) < 4.78 is 5.65. The average molecular weight is 284 g/mol. The van der Waals surface area contributed by atoms with Crippen LogP contribution in [0.3, 0.4) is 0 Å². The van der Waals surface area contributed by atoms with E-state index >= 15 is 0 Å². The first-order chi connectivity index (χ1) is 9.32. The lowest BCUT2D eigenvalue weighted by Gasteiger charge is -2.09. The van der Waals surface area contributed by atoms with E-state index in [4.69, 9.17) is 31.5 Å². The molecule has 8 heteroatoms. The third kappa shape index (κ3) is 9.51. The van der Waals surface area contributed by atoms with Crippen molar-refractivity contribution in [1.29, 1.82) is 0 Å². The number of aliphatic imine (C=N–C) groups is 1. The Morgan fingerprint density at radius 3 is 2.60 bits per heavy atom. The SMILES string of the molecule is Cc1ccc(C)c(OCCCN=C(N)N)c1.O=[N+]([O-])O. The molecule has 0 unspecified atom stereocenters. The van der Waals surface area contributed by atoms with Gasteiger partial charge in [-0.3, -0.25) is 4.99 Å². The molecular weight excluding hydrogens is 264 g/mol. The van der Waals surface area contributed by atoms with Gasteiger partial charge in [-0.25, -0.2) is 0 Å². The molecule has 0 aliphatic carbocycles. The van der Waals surface area contributed by atoms with E-state index in [-0.39, 0.29) is 5.96 Å². The Morgan fingerprint density at radius 2 is 2.05 bits per heavy atom. The minimum atomic E-state index is -1.50. The summed E-state index contributed by atoms with van der Waals surface area (Å²) in [6.07, 6.45) is 0.811. The smallest absolute Gasteiger partial charge is 0.291 e. The number of hydrogen-bond donors (Lipinski definition) is 3. The molecule has 0 atom stereocenters. The lowest BCUT2D eigenvalue weighted by Crippen LogP contribution is -2.23. The maximum absolute atomic E-state index is 8.36. The fraction of sp³-hybridized carbons (Fsp3) is 0.417. The number of benzene rings is 1. The summed E-state index contributed by atoms with van der Waals surface area (Å²) in [4.78, 5) is 12.2. The van der Waals surface area contributed by atoms with Crippen molar-refractivity contribution in [3.63, 3.8) is 0 Å². The van der Waals surface area contributed by atoms with Gasteiger partial charge >= 0.3 is 0 Å². The monoisotopic (exact) mass is 284 g/mol. The van der Waals surface area contributed by atoms with Crippen molar-refractivity contribution in [1.82, 2.24) is 0 Å². The maximum atomic E-state index is 8.36. The van der Waals surface area contributed by atoms with Crippen molar-refractivity contribution in [2.24, 2.45) is 16.5 Å². The second-order valence-corrected chi connectivity index (χ2v) is 4.02. The summed E-state index contributed by atoms with van der Waals surface area (Å²) in [6, 6.07) is 6.16. The highest BCUT2D eigenvalue weighted by Crippen LogP contribution is 2.18. The lowest BCUT2D eigenvalue weighted by atomic mass is 10.1. The summed E-state index contributed by atoms with van der Waals surface area (Å²) in [6.45, 7) is 5.31. The Balaban J connectivity index is 0.000000796. The van der Waals surface area contributed by atoms with Gasteiger partial charge in [0.1, 0.15) is 5.75 Å². The zero-order valence-corrected chi connectivity index (χ0v) is 11.6. The van der Waals surface area contributed by atoms with Gasteiger partial charge in [0.2, 0.25) is 0 Å². The fourth-order valence-electron chi connectivity index (χ4n) is 1.32. The zero-order chi connectivity index (χ0) is 15.5. The van der Waals surface area contributed by atoms with Crippen molar-refractivity contribution in [3.8, 4) is 5.75 Å². The number of nitrogens with two attached hydrogens (primary N) is 2. The molecule has 1 aromatic carbocycles. The van der Waals surface area contributed by atoms with Crippen LogP contribution in [0.25, 0.3) is 0 Å². The predicted molar refractivity (Wildman–Crippen MR) is 75.5 cm³/mol. The summed E-state index contributed by atoms with van der Waals surface area (Å²) >= 11 is 0. The fourth-order valence-corrected chi connectivity index (χ4v) is 1.32. The molecule has 1 aromatic rings. The van der Waals surface area contributed by atoms with Gasteiger partial charge in [-0.15, -0.1) is 10.1 Å². The molecule has 0 aromatic heterocycles. The average Bonchev–Trinajstić information content (AvgIpc) is 2.32. The minimum absolute atomic E-state index is 0.131. The third-order valence-corrected chi connectivity index (χ3v) is 2.20. The van der Waals surface area contributed by atoms with Crippen LogP contribution in [-0.2, 0) is 0 Å². The molecule has 0 aliphatic heterocycles. The van der Waals surface area contributed by atoms with Crippen LogP contribution < -0.4 is 16.2 Å². The van der Waals surface area contributed by atoms with Gasteiger partial charge in [0.05, 0.1) is 6.61 Å². The Labute approximate surface area is 117 Å². The van der Waals surface area contributed by atoms with Crippen molar-refractivity contribution in [2.45, 2.75) is 20.3 Å². The Morgan fingerprint density at radius 1 is 1.45 bits per heavy atom. The van der Waals surface area contributed by atoms with Crippen molar-refractivity contribution in [2.75, 3.05) is 13.2 Å². The molecule has 1 rings (SSSR count). The molecule has 5 N–H and O–H groups in total. The van der Waals surface area contributed by atoms with Crippen LogP contribution in [0.15, 0.2) is 23.2 Å². The van der Waals surface area contributed by atoms with E-state index < -0.39 is 5.09 Å². The molecule has 0 fully saturated rings. The van der Waals surface area contributed by atoms with E-state index in [1.165, 1.54) is 5.56 Å². The number of rotatable bonds is 5. The summed E-state index contributed by atoms with van der Waals surface area (Å²) in [5.74, 6) is 1.07. The Hall–Kier alpha value is -2.51. The molecule has 8 nitrogen and oxygen atoms in total. The van der Waals surface area contributed by atoms with Gasteiger partial charge in [0.15, 0.2) is 5.96 Å². The number of ether oxygens (including phenoxy) is 1. The topological polar surface area (TPSA) is 137 Å². The molecular formula is C12H20N4O4. The second kappa shape index (κ2) is 9.42. The Kier molecular flexibility index (Phi) is 8.24. The molecule has 112 valence electrons. The standard InChI is InChI=1S/C12H19N3O.HNO3/c1-9-4-5-10(2)11(8-9)16-7-3-6-15-12(13)14;2-1(3)4/h4-5,8H,3,6-7H2,1-2H3,(H4,13,14,15);(H,2,3,4). The third-order valence-electron chi connectivity index (χ3n) is 2.20. The van der Waals surface area contributed by atoms with E-state index in [9.17, 15) is 0 Å². The summed E-state index contributed by atoms with van der Waals surface area (Å²) in [5, 5.41) is 13.6. The van der Waals surface area contributed by atoms with Crippen LogP contribution in [0, 0.1) is 24.0 Å². The van der Waals surface area contributed by atoms with Crippen molar-refractivity contribution < 1.29 is 15.0 Å². The highest BCUT2D eigenvalue weighted by atomic mass is 16.9. The lowest BCUT2D eigenvalue weighted by molar-refractivity contribution is -0.742. The quantitative estimate of drug-likeness (QED) is 0.242. The molecule has 0 bridgehead atoms. The highest BCUT2D eigenvalue weighted by Gasteiger charge is 1.99. The van der Waals surface area contributed by atoms with E-state index in [2.05, 4.69) is 17.1 Å². The predicted octanol–water partition coefficient (Wildman–Crippen LogP) is 0.998. The number of guanidine groups is 1. The van der Waals surface area contributed by atoms with Gasteiger partial charge in [0, 0.05) is 13.0 Å². The molecule has 0 aliphatic rings. The van der Waals surface area contributed by atoms with Crippen LogP contribution in [0.2, 0.25) is 0 Å². The number of nitrogens with zero attached hydrogens (tertiary/aromatic N) is 2. The van der Waals surface area contributed by atoms with Crippen molar-refractivity contribution >= 4 is 5.96 Å². The summed E-state index contributed by atoms with van der Waals surface area (Å²) in [7, 11) is 0. The first kappa shape index (κ1) is 17.5. The first-order valence-corrected chi connectivity index (χ1v) is 5.91. The second-order valence-electron chi connectivity index (χ2n) is 4.02.